The smallest absolute Gasteiger partial charge is 0.463 e. The normalized spacial score (nSPS) is 25.0. The Morgan fingerprint density at radius 2 is 1.28 bits per heavy atom. The van der Waals surface area contributed by atoms with Crippen LogP contribution in [-0.4, -0.2) is 40.5 Å². The second-order valence-corrected chi connectivity index (χ2v) is 3.96. The van der Waals surface area contributed by atoms with Crippen molar-refractivity contribution in [1.29, 1.82) is 0 Å². The standard InChI is InChI=1S/2C5H8O2.CH2O3/c2*1-4-2-3-5(6)7-4;2-1(3)4/h2*4H,2-3H2,1H3;(H2,2,3,4). The van der Waals surface area contributed by atoms with Crippen molar-refractivity contribution in [2.24, 2.45) is 0 Å². The van der Waals surface area contributed by atoms with E-state index in [0.29, 0.717) is 12.8 Å². The van der Waals surface area contributed by atoms with Crippen molar-refractivity contribution in [2.75, 3.05) is 0 Å². The Hall–Kier alpha value is -1.79. The number of rotatable bonds is 0. The van der Waals surface area contributed by atoms with Gasteiger partial charge in [-0.3, -0.25) is 9.59 Å². The molecule has 0 radical (unpaired) electrons. The maximum atomic E-state index is 10.2. The zero-order chi connectivity index (χ0) is 14.1. The van der Waals surface area contributed by atoms with Crippen molar-refractivity contribution in [2.45, 2.75) is 51.7 Å². The lowest BCUT2D eigenvalue weighted by Crippen LogP contribution is -1.98. The van der Waals surface area contributed by atoms with Crippen LogP contribution in [0.1, 0.15) is 39.5 Å². The highest BCUT2D eigenvalue weighted by Gasteiger charge is 2.18. The zero-order valence-electron chi connectivity index (χ0n) is 10.4. The average Bonchev–Trinajstić information content (AvgIpc) is 2.76. The van der Waals surface area contributed by atoms with Crippen LogP contribution in [-0.2, 0) is 19.1 Å². The lowest BCUT2D eigenvalue weighted by atomic mass is 10.3. The van der Waals surface area contributed by atoms with E-state index < -0.39 is 6.16 Å². The van der Waals surface area contributed by atoms with E-state index >= 15 is 0 Å². The van der Waals surface area contributed by atoms with E-state index in [-0.39, 0.29) is 24.1 Å². The number of ether oxygens (including phenoxy) is 2. The highest BCUT2D eigenvalue weighted by Crippen LogP contribution is 2.11. The van der Waals surface area contributed by atoms with Gasteiger partial charge >= 0.3 is 18.1 Å². The molecule has 0 aliphatic carbocycles. The Bertz CT molecular complexity index is 272. The Balaban J connectivity index is 0.000000253. The van der Waals surface area contributed by atoms with Gasteiger partial charge in [-0.05, 0) is 26.7 Å². The van der Waals surface area contributed by atoms with E-state index in [4.69, 9.17) is 24.5 Å². The molecule has 2 aliphatic heterocycles. The van der Waals surface area contributed by atoms with Crippen LogP contribution in [0.25, 0.3) is 0 Å². The summed E-state index contributed by atoms with van der Waals surface area (Å²) in [6.45, 7) is 3.82. The molecule has 2 heterocycles. The van der Waals surface area contributed by atoms with Crippen molar-refractivity contribution in [3.63, 3.8) is 0 Å². The predicted molar refractivity (Wildman–Crippen MR) is 60.2 cm³/mol. The van der Waals surface area contributed by atoms with E-state index in [0.717, 1.165) is 12.8 Å². The summed E-state index contributed by atoms with van der Waals surface area (Å²) in [7, 11) is 0. The number of carbonyl (C=O) groups is 3. The molecule has 0 aromatic rings. The fourth-order valence-electron chi connectivity index (χ4n) is 1.33. The minimum Gasteiger partial charge on any atom is -0.463 e. The molecule has 0 spiro atoms. The Labute approximate surface area is 105 Å². The fourth-order valence-corrected chi connectivity index (χ4v) is 1.33. The maximum Gasteiger partial charge on any atom is 0.503 e. The van der Waals surface area contributed by atoms with E-state index in [1.807, 2.05) is 13.8 Å². The van der Waals surface area contributed by atoms with Gasteiger partial charge in [0.25, 0.3) is 0 Å². The van der Waals surface area contributed by atoms with Gasteiger partial charge in [0.15, 0.2) is 0 Å². The van der Waals surface area contributed by atoms with Crippen LogP contribution in [0.2, 0.25) is 0 Å². The number of cyclic esters (lactones) is 2. The Morgan fingerprint density at radius 1 is 1.00 bits per heavy atom. The summed E-state index contributed by atoms with van der Waals surface area (Å²) in [5.41, 5.74) is 0. The summed E-state index contributed by atoms with van der Waals surface area (Å²) in [5.74, 6) is -0.0972. The molecular weight excluding hydrogens is 244 g/mol. The average molecular weight is 262 g/mol. The van der Waals surface area contributed by atoms with Crippen molar-refractivity contribution in [3.05, 3.63) is 0 Å². The van der Waals surface area contributed by atoms with E-state index in [2.05, 4.69) is 0 Å². The second kappa shape index (κ2) is 8.32. The Kier molecular flexibility index (Phi) is 7.50. The van der Waals surface area contributed by atoms with Crippen molar-refractivity contribution in [1.82, 2.24) is 0 Å². The molecule has 104 valence electrons. The van der Waals surface area contributed by atoms with Crippen LogP contribution >= 0.6 is 0 Å². The van der Waals surface area contributed by atoms with Gasteiger partial charge in [-0.25, -0.2) is 4.79 Å². The first-order chi connectivity index (χ1) is 8.31. The van der Waals surface area contributed by atoms with Gasteiger partial charge in [0, 0.05) is 12.8 Å². The van der Waals surface area contributed by atoms with E-state index in [1.54, 1.807) is 0 Å². The molecule has 0 aromatic carbocycles. The van der Waals surface area contributed by atoms with Gasteiger partial charge in [0.1, 0.15) is 0 Å². The Morgan fingerprint density at radius 3 is 1.33 bits per heavy atom. The monoisotopic (exact) mass is 262 g/mol. The third-order valence-corrected chi connectivity index (χ3v) is 2.18. The molecule has 7 nitrogen and oxygen atoms in total. The summed E-state index contributed by atoms with van der Waals surface area (Å²) in [6.07, 6.45) is 1.54. The summed E-state index contributed by atoms with van der Waals surface area (Å²) in [4.78, 5) is 29.0. The van der Waals surface area contributed by atoms with Gasteiger partial charge in [-0.1, -0.05) is 0 Å². The number of hydrogen-bond acceptors (Lipinski definition) is 5. The second-order valence-electron chi connectivity index (χ2n) is 3.96. The molecule has 7 heteroatoms. The molecule has 0 aromatic heterocycles. The molecule has 2 N–H and O–H groups in total. The first kappa shape index (κ1) is 16.2. The van der Waals surface area contributed by atoms with Crippen molar-refractivity contribution in [3.8, 4) is 0 Å². The first-order valence-electron chi connectivity index (χ1n) is 5.62. The molecule has 0 saturated carbocycles. The highest BCUT2D eigenvalue weighted by atomic mass is 16.6. The van der Waals surface area contributed by atoms with Crippen molar-refractivity contribution >= 4 is 18.1 Å². The number of carbonyl (C=O) groups excluding carboxylic acids is 2. The van der Waals surface area contributed by atoms with E-state index in [1.165, 1.54) is 0 Å². The summed E-state index contributed by atoms with van der Waals surface area (Å²) >= 11 is 0. The summed E-state index contributed by atoms with van der Waals surface area (Å²) in [6, 6.07) is 0. The molecule has 0 amide bonds. The third kappa shape index (κ3) is 9.44. The molecule has 2 saturated heterocycles. The van der Waals surface area contributed by atoms with Gasteiger partial charge in [-0.15, -0.1) is 0 Å². The van der Waals surface area contributed by atoms with Crippen LogP contribution in [0.4, 0.5) is 4.79 Å². The van der Waals surface area contributed by atoms with Crippen LogP contribution in [0.3, 0.4) is 0 Å². The lowest BCUT2D eigenvalue weighted by Gasteiger charge is -1.95. The van der Waals surface area contributed by atoms with Crippen LogP contribution in [0, 0.1) is 0 Å². The van der Waals surface area contributed by atoms with Crippen molar-refractivity contribution < 1.29 is 34.1 Å². The topological polar surface area (TPSA) is 110 Å². The van der Waals surface area contributed by atoms with Gasteiger partial charge in [-0.2, -0.15) is 0 Å². The van der Waals surface area contributed by atoms with Gasteiger partial charge < -0.3 is 19.7 Å². The molecule has 2 atom stereocenters. The molecule has 2 rings (SSSR count). The predicted octanol–water partition coefficient (Wildman–Crippen LogP) is 1.65. The largest absolute Gasteiger partial charge is 0.503 e. The van der Waals surface area contributed by atoms with Gasteiger partial charge in [0.05, 0.1) is 12.2 Å². The fraction of sp³-hybridized carbons (Fsp3) is 0.727. The molecule has 18 heavy (non-hydrogen) atoms. The SMILES string of the molecule is CC1CCC(=O)O1.CC1CCC(=O)O1.O=C(O)O. The molecule has 2 fully saturated rings. The van der Waals surface area contributed by atoms with Crippen LogP contribution in [0.15, 0.2) is 0 Å². The quantitative estimate of drug-likeness (QED) is 0.638. The lowest BCUT2D eigenvalue weighted by molar-refractivity contribution is -0.141. The zero-order valence-corrected chi connectivity index (χ0v) is 10.4. The molecule has 2 unspecified atom stereocenters. The van der Waals surface area contributed by atoms with Crippen LogP contribution < -0.4 is 0 Å². The number of hydrogen-bond donors (Lipinski definition) is 2. The summed E-state index contributed by atoms with van der Waals surface area (Å²) in [5, 5.41) is 13.9. The number of carboxylic acid groups (broad SMARTS) is 2. The summed E-state index contributed by atoms with van der Waals surface area (Å²) < 4.78 is 9.44. The maximum absolute atomic E-state index is 10.2. The molecule has 0 bridgehead atoms. The van der Waals surface area contributed by atoms with Gasteiger partial charge in [0.2, 0.25) is 0 Å². The first-order valence-corrected chi connectivity index (χ1v) is 5.62. The van der Waals surface area contributed by atoms with E-state index in [9.17, 15) is 9.59 Å². The molecular formula is C11H18O7. The third-order valence-electron chi connectivity index (χ3n) is 2.18. The number of esters is 2. The highest BCUT2D eigenvalue weighted by molar-refractivity contribution is 5.71. The molecule has 2 aliphatic rings. The minimum atomic E-state index is -1.83. The minimum absolute atomic E-state index is 0.0486. The van der Waals surface area contributed by atoms with Crippen LogP contribution in [0.5, 0.6) is 0 Å².